The number of aromatic nitrogens is 3. The fourth-order valence-corrected chi connectivity index (χ4v) is 2.67. The maximum absolute atomic E-state index is 12.4. The van der Waals surface area contributed by atoms with Gasteiger partial charge in [-0.1, -0.05) is 0 Å². The molecule has 3 rings (SSSR count). The summed E-state index contributed by atoms with van der Waals surface area (Å²) in [7, 11) is 0. The molecule has 1 amide bonds. The van der Waals surface area contributed by atoms with E-state index < -0.39 is 0 Å². The Balaban J connectivity index is 1.64. The number of carbonyl (C=O) groups is 1. The van der Waals surface area contributed by atoms with Gasteiger partial charge in [0.05, 0.1) is 11.8 Å². The van der Waals surface area contributed by atoms with Gasteiger partial charge in [0.2, 0.25) is 0 Å². The monoisotopic (exact) mass is 347 g/mol. The number of halogens is 1. The number of nitrogens with zero attached hydrogens (tertiary/aromatic N) is 5. The van der Waals surface area contributed by atoms with E-state index in [1.54, 1.807) is 37.1 Å². The highest BCUT2D eigenvalue weighted by atomic mass is 79.9. The van der Waals surface area contributed by atoms with Crippen molar-refractivity contribution in [1.82, 2.24) is 19.9 Å². The Morgan fingerprint density at radius 3 is 2.52 bits per heavy atom. The van der Waals surface area contributed by atoms with Gasteiger partial charge in [0.15, 0.2) is 0 Å². The van der Waals surface area contributed by atoms with E-state index in [1.807, 2.05) is 4.90 Å². The summed E-state index contributed by atoms with van der Waals surface area (Å²) in [6.45, 7) is 2.85. The van der Waals surface area contributed by atoms with E-state index in [-0.39, 0.29) is 5.91 Å². The summed E-state index contributed by atoms with van der Waals surface area (Å²) in [5, 5.41) is 0. The summed E-state index contributed by atoms with van der Waals surface area (Å²) < 4.78 is 0.812. The van der Waals surface area contributed by atoms with Crippen molar-refractivity contribution in [2.45, 2.75) is 0 Å². The van der Waals surface area contributed by atoms with E-state index in [0.29, 0.717) is 18.7 Å². The summed E-state index contributed by atoms with van der Waals surface area (Å²) in [5.41, 5.74) is 0.609. The smallest absolute Gasteiger partial charge is 0.255 e. The molecule has 0 saturated carbocycles. The molecule has 0 unspecified atom stereocenters. The van der Waals surface area contributed by atoms with Gasteiger partial charge in [-0.2, -0.15) is 0 Å². The highest BCUT2D eigenvalue weighted by Gasteiger charge is 2.23. The normalized spacial score (nSPS) is 15.1. The van der Waals surface area contributed by atoms with Gasteiger partial charge >= 0.3 is 0 Å². The Labute approximate surface area is 131 Å². The Kier molecular flexibility index (Phi) is 4.10. The Bertz CT molecular complexity index is 628. The minimum atomic E-state index is 0.0163. The van der Waals surface area contributed by atoms with Crippen molar-refractivity contribution in [2.24, 2.45) is 0 Å². The molecular formula is C14H14BrN5O. The van der Waals surface area contributed by atoms with E-state index in [0.717, 1.165) is 23.4 Å². The lowest BCUT2D eigenvalue weighted by Gasteiger charge is -2.35. The molecular weight excluding hydrogens is 334 g/mol. The predicted octanol–water partition coefficient (Wildman–Crippen LogP) is 1.60. The number of carbonyl (C=O) groups excluding carboxylic acids is 1. The lowest BCUT2D eigenvalue weighted by atomic mass is 10.2. The van der Waals surface area contributed by atoms with Gasteiger partial charge in [0, 0.05) is 55.4 Å². The molecule has 3 heterocycles. The van der Waals surface area contributed by atoms with Crippen molar-refractivity contribution in [3.05, 3.63) is 47.1 Å². The molecule has 1 aliphatic heterocycles. The second kappa shape index (κ2) is 6.17. The first-order valence-corrected chi connectivity index (χ1v) is 7.44. The first-order chi connectivity index (χ1) is 10.2. The van der Waals surface area contributed by atoms with Crippen LogP contribution >= 0.6 is 15.9 Å². The van der Waals surface area contributed by atoms with Crippen LogP contribution in [0.25, 0.3) is 0 Å². The highest BCUT2D eigenvalue weighted by Crippen LogP contribution is 2.15. The highest BCUT2D eigenvalue weighted by molar-refractivity contribution is 9.10. The van der Waals surface area contributed by atoms with Crippen molar-refractivity contribution in [3.8, 4) is 0 Å². The molecule has 0 atom stereocenters. The largest absolute Gasteiger partial charge is 0.352 e. The first kappa shape index (κ1) is 13.9. The minimum Gasteiger partial charge on any atom is -0.352 e. The molecule has 2 aromatic rings. The van der Waals surface area contributed by atoms with Gasteiger partial charge < -0.3 is 9.80 Å². The molecule has 0 radical (unpaired) electrons. The minimum absolute atomic E-state index is 0.0163. The molecule has 2 aromatic heterocycles. The van der Waals surface area contributed by atoms with Crippen molar-refractivity contribution < 1.29 is 4.79 Å². The van der Waals surface area contributed by atoms with Crippen LogP contribution < -0.4 is 4.90 Å². The average Bonchev–Trinajstić information content (AvgIpc) is 2.55. The quantitative estimate of drug-likeness (QED) is 0.825. The zero-order valence-electron chi connectivity index (χ0n) is 11.3. The maximum atomic E-state index is 12.4. The summed E-state index contributed by atoms with van der Waals surface area (Å²) >= 11 is 3.34. The number of anilines is 1. The van der Waals surface area contributed by atoms with E-state index in [9.17, 15) is 4.79 Å². The molecule has 108 valence electrons. The second-order valence-electron chi connectivity index (χ2n) is 4.73. The maximum Gasteiger partial charge on any atom is 0.255 e. The fourth-order valence-electron chi connectivity index (χ4n) is 2.30. The van der Waals surface area contributed by atoms with Crippen LogP contribution in [-0.2, 0) is 0 Å². The number of pyridine rings is 1. The summed E-state index contributed by atoms with van der Waals surface area (Å²) in [5.74, 6) is 0.872. The van der Waals surface area contributed by atoms with Crippen LogP contribution in [0.4, 0.5) is 5.82 Å². The molecule has 0 aliphatic carbocycles. The fraction of sp³-hybridized carbons (Fsp3) is 0.286. The van der Waals surface area contributed by atoms with Crippen LogP contribution in [0.5, 0.6) is 0 Å². The van der Waals surface area contributed by atoms with Crippen LogP contribution in [0.15, 0.2) is 41.5 Å². The number of hydrogen-bond donors (Lipinski definition) is 0. The number of hydrogen-bond acceptors (Lipinski definition) is 5. The molecule has 1 saturated heterocycles. The van der Waals surface area contributed by atoms with Gasteiger partial charge in [-0.3, -0.25) is 14.8 Å². The van der Waals surface area contributed by atoms with Gasteiger partial charge in [-0.25, -0.2) is 4.98 Å². The van der Waals surface area contributed by atoms with Crippen LogP contribution in [-0.4, -0.2) is 51.9 Å². The average molecular weight is 348 g/mol. The van der Waals surface area contributed by atoms with Crippen molar-refractivity contribution in [2.75, 3.05) is 31.1 Å². The molecule has 0 spiro atoms. The number of rotatable bonds is 2. The lowest BCUT2D eigenvalue weighted by molar-refractivity contribution is 0.0746. The third-order valence-corrected chi connectivity index (χ3v) is 3.83. The lowest BCUT2D eigenvalue weighted by Crippen LogP contribution is -2.49. The Morgan fingerprint density at radius 1 is 1.05 bits per heavy atom. The zero-order valence-corrected chi connectivity index (χ0v) is 12.9. The van der Waals surface area contributed by atoms with Gasteiger partial charge in [0.25, 0.3) is 5.91 Å². The third-order valence-electron chi connectivity index (χ3n) is 3.39. The van der Waals surface area contributed by atoms with E-state index in [1.165, 1.54) is 0 Å². The van der Waals surface area contributed by atoms with Crippen molar-refractivity contribution in [3.63, 3.8) is 0 Å². The van der Waals surface area contributed by atoms with Crippen molar-refractivity contribution >= 4 is 27.7 Å². The van der Waals surface area contributed by atoms with Crippen LogP contribution in [0.3, 0.4) is 0 Å². The molecule has 6 nitrogen and oxygen atoms in total. The molecule has 1 aliphatic rings. The standard InChI is InChI=1S/C14H14BrN5O/c15-12-7-11(8-17-9-12)14(21)20-5-3-19(4-6-20)13-10-16-1-2-18-13/h1-2,7-10H,3-6H2. The first-order valence-electron chi connectivity index (χ1n) is 6.65. The predicted molar refractivity (Wildman–Crippen MR) is 82.1 cm³/mol. The summed E-state index contributed by atoms with van der Waals surface area (Å²) in [4.78, 5) is 28.8. The van der Waals surface area contributed by atoms with Crippen molar-refractivity contribution in [1.29, 1.82) is 0 Å². The Morgan fingerprint density at radius 2 is 1.86 bits per heavy atom. The Hall–Kier alpha value is -2.02. The van der Waals surface area contributed by atoms with Crippen LogP contribution in [0, 0.1) is 0 Å². The van der Waals surface area contributed by atoms with E-state index in [4.69, 9.17) is 0 Å². The zero-order chi connectivity index (χ0) is 14.7. The second-order valence-corrected chi connectivity index (χ2v) is 5.65. The van der Waals surface area contributed by atoms with Crippen LogP contribution in [0.1, 0.15) is 10.4 Å². The molecule has 0 bridgehead atoms. The van der Waals surface area contributed by atoms with E-state index in [2.05, 4.69) is 35.8 Å². The van der Waals surface area contributed by atoms with Gasteiger partial charge in [-0.05, 0) is 22.0 Å². The SMILES string of the molecule is O=C(c1cncc(Br)c1)N1CCN(c2cnccn2)CC1. The van der Waals surface area contributed by atoms with Gasteiger partial charge in [-0.15, -0.1) is 0 Å². The van der Waals surface area contributed by atoms with Crippen LogP contribution in [0.2, 0.25) is 0 Å². The molecule has 21 heavy (non-hydrogen) atoms. The third kappa shape index (κ3) is 3.18. The summed E-state index contributed by atoms with van der Waals surface area (Å²) in [6.07, 6.45) is 8.35. The van der Waals surface area contributed by atoms with E-state index >= 15 is 0 Å². The molecule has 0 N–H and O–H groups in total. The molecule has 0 aromatic carbocycles. The van der Waals surface area contributed by atoms with Gasteiger partial charge in [0.1, 0.15) is 5.82 Å². The molecule has 1 fully saturated rings. The topological polar surface area (TPSA) is 62.2 Å². The summed E-state index contributed by atoms with van der Waals surface area (Å²) in [6, 6.07) is 1.80. The number of amides is 1. The number of piperazine rings is 1. The molecule has 7 heteroatoms.